The zero-order valence-corrected chi connectivity index (χ0v) is 12.8. The molecule has 0 aliphatic carbocycles. The molecule has 4 nitrogen and oxygen atoms in total. The van der Waals surface area contributed by atoms with Crippen molar-refractivity contribution in [1.82, 2.24) is 4.72 Å². The average molecular weight is 305 g/mol. The smallest absolute Gasteiger partial charge is 0.241 e. The first-order chi connectivity index (χ1) is 10.1. The summed E-state index contributed by atoms with van der Waals surface area (Å²) in [6, 6.07) is 12.6. The molecule has 112 valence electrons. The summed E-state index contributed by atoms with van der Waals surface area (Å²) < 4.78 is 33.6. The molecule has 2 aromatic carbocycles. The summed E-state index contributed by atoms with van der Waals surface area (Å²) in [6.45, 7) is 2.57. The first-order valence-corrected chi connectivity index (χ1v) is 8.68. The van der Waals surface area contributed by atoms with Crippen molar-refractivity contribution in [2.45, 2.75) is 36.8 Å². The number of benzene rings is 2. The van der Waals surface area contributed by atoms with Crippen LogP contribution in [0.2, 0.25) is 0 Å². The second-order valence-electron chi connectivity index (χ2n) is 5.44. The molecular formula is C16H19NO3S. The Labute approximate surface area is 125 Å². The van der Waals surface area contributed by atoms with Crippen LogP contribution in [-0.4, -0.2) is 27.2 Å². The molecule has 0 saturated carbocycles. The van der Waals surface area contributed by atoms with Crippen LogP contribution < -0.4 is 4.72 Å². The molecule has 1 aliphatic rings. The van der Waals surface area contributed by atoms with Gasteiger partial charge in [-0.3, -0.25) is 0 Å². The summed E-state index contributed by atoms with van der Waals surface area (Å²) in [7, 11) is -3.55. The molecule has 1 heterocycles. The highest BCUT2D eigenvalue weighted by molar-refractivity contribution is 7.89. The number of hydrogen-bond acceptors (Lipinski definition) is 3. The second kappa shape index (κ2) is 5.75. The fourth-order valence-electron chi connectivity index (χ4n) is 2.81. The number of rotatable bonds is 4. The molecule has 0 spiro atoms. The van der Waals surface area contributed by atoms with Crippen LogP contribution in [0, 0.1) is 0 Å². The maximum absolute atomic E-state index is 12.6. The molecule has 1 N–H and O–H groups in total. The van der Waals surface area contributed by atoms with E-state index in [1.165, 1.54) is 0 Å². The summed E-state index contributed by atoms with van der Waals surface area (Å²) in [5.41, 5.74) is 0. The molecule has 0 radical (unpaired) electrons. The lowest BCUT2D eigenvalue weighted by atomic mass is 10.1. The summed E-state index contributed by atoms with van der Waals surface area (Å²) >= 11 is 0. The van der Waals surface area contributed by atoms with Crippen LogP contribution in [0.5, 0.6) is 0 Å². The van der Waals surface area contributed by atoms with E-state index in [0.29, 0.717) is 11.5 Å². The predicted molar refractivity (Wildman–Crippen MR) is 82.7 cm³/mol. The Morgan fingerprint density at radius 3 is 2.71 bits per heavy atom. The largest absolute Gasteiger partial charge is 0.377 e. The molecular weight excluding hydrogens is 286 g/mol. The number of hydrogen-bond donors (Lipinski definition) is 1. The lowest BCUT2D eigenvalue weighted by Crippen LogP contribution is -2.40. The van der Waals surface area contributed by atoms with Crippen molar-refractivity contribution in [3.05, 3.63) is 42.5 Å². The lowest BCUT2D eigenvalue weighted by Gasteiger charge is -2.20. The summed E-state index contributed by atoms with van der Waals surface area (Å²) in [5.74, 6) is 0. The van der Waals surface area contributed by atoms with E-state index in [0.717, 1.165) is 23.6 Å². The molecule has 1 saturated heterocycles. The van der Waals surface area contributed by atoms with Gasteiger partial charge < -0.3 is 4.74 Å². The molecule has 0 amide bonds. The van der Waals surface area contributed by atoms with Crippen molar-refractivity contribution >= 4 is 20.8 Å². The summed E-state index contributed by atoms with van der Waals surface area (Å²) in [4.78, 5) is 0.324. The first-order valence-electron chi connectivity index (χ1n) is 7.19. The van der Waals surface area contributed by atoms with E-state index < -0.39 is 10.0 Å². The Kier molecular flexibility index (Phi) is 3.97. The van der Waals surface area contributed by atoms with Crippen LogP contribution >= 0.6 is 0 Å². The number of nitrogens with one attached hydrogen (secondary N) is 1. The molecule has 2 unspecified atom stereocenters. The SMILES string of the molecule is CC(NS(=O)(=O)c1cccc2ccccc12)C1CCCO1. The molecule has 2 atom stereocenters. The minimum atomic E-state index is -3.55. The Bertz CT molecular complexity index is 731. The van der Waals surface area contributed by atoms with Gasteiger partial charge in [-0.15, -0.1) is 0 Å². The summed E-state index contributed by atoms with van der Waals surface area (Å²) in [5, 5.41) is 1.66. The van der Waals surface area contributed by atoms with Gasteiger partial charge in [-0.05, 0) is 31.2 Å². The number of ether oxygens (including phenoxy) is 1. The van der Waals surface area contributed by atoms with E-state index in [4.69, 9.17) is 4.74 Å². The van der Waals surface area contributed by atoms with E-state index in [2.05, 4.69) is 4.72 Å². The Morgan fingerprint density at radius 2 is 1.95 bits per heavy atom. The quantitative estimate of drug-likeness (QED) is 0.945. The van der Waals surface area contributed by atoms with Crippen molar-refractivity contribution in [2.24, 2.45) is 0 Å². The summed E-state index contributed by atoms with van der Waals surface area (Å²) in [6.07, 6.45) is 1.86. The van der Waals surface area contributed by atoms with Crippen molar-refractivity contribution in [3.63, 3.8) is 0 Å². The van der Waals surface area contributed by atoms with Crippen LogP contribution in [0.15, 0.2) is 47.4 Å². The third-order valence-corrected chi connectivity index (χ3v) is 5.52. The molecule has 1 aliphatic heterocycles. The van der Waals surface area contributed by atoms with Crippen molar-refractivity contribution in [1.29, 1.82) is 0 Å². The maximum Gasteiger partial charge on any atom is 0.241 e. The van der Waals surface area contributed by atoms with Crippen LogP contribution in [0.4, 0.5) is 0 Å². The van der Waals surface area contributed by atoms with Crippen molar-refractivity contribution in [3.8, 4) is 0 Å². The average Bonchev–Trinajstić information content (AvgIpc) is 3.00. The van der Waals surface area contributed by atoms with Gasteiger partial charge in [0.15, 0.2) is 0 Å². The van der Waals surface area contributed by atoms with Crippen molar-refractivity contribution < 1.29 is 13.2 Å². The van der Waals surface area contributed by atoms with E-state index in [1.54, 1.807) is 12.1 Å². The highest BCUT2D eigenvalue weighted by Crippen LogP contribution is 2.24. The normalized spacial score (nSPS) is 20.7. The molecule has 5 heteroatoms. The third kappa shape index (κ3) is 2.95. The zero-order chi connectivity index (χ0) is 14.9. The zero-order valence-electron chi connectivity index (χ0n) is 12.0. The number of sulfonamides is 1. The van der Waals surface area contributed by atoms with Crippen LogP contribution in [-0.2, 0) is 14.8 Å². The van der Waals surface area contributed by atoms with Gasteiger partial charge in [-0.25, -0.2) is 13.1 Å². The first kappa shape index (κ1) is 14.5. The fraction of sp³-hybridized carbons (Fsp3) is 0.375. The Morgan fingerprint density at radius 1 is 1.19 bits per heavy atom. The van der Waals surface area contributed by atoms with Gasteiger partial charge in [0.25, 0.3) is 0 Å². The van der Waals surface area contributed by atoms with Gasteiger partial charge in [0, 0.05) is 18.0 Å². The maximum atomic E-state index is 12.6. The van der Waals surface area contributed by atoms with Crippen LogP contribution in [0.3, 0.4) is 0 Å². The molecule has 0 bridgehead atoms. The third-order valence-electron chi connectivity index (χ3n) is 3.90. The molecule has 3 rings (SSSR count). The van der Waals surface area contributed by atoms with E-state index in [1.807, 2.05) is 37.3 Å². The van der Waals surface area contributed by atoms with Crippen LogP contribution in [0.1, 0.15) is 19.8 Å². The monoisotopic (exact) mass is 305 g/mol. The van der Waals surface area contributed by atoms with Crippen LogP contribution in [0.25, 0.3) is 10.8 Å². The van der Waals surface area contributed by atoms with Gasteiger partial charge in [0.2, 0.25) is 10.0 Å². The molecule has 21 heavy (non-hydrogen) atoms. The van der Waals surface area contributed by atoms with Crippen molar-refractivity contribution in [2.75, 3.05) is 6.61 Å². The highest BCUT2D eigenvalue weighted by atomic mass is 32.2. The van der Waals surface area contributed by atoms with Gasteiger partial charge in [-0.1, -0.05) is 36.4 Å². The highest BCUT2D eigenvalue weighted by Gasteiger charge is 2.27. The Hall–Kier alpha value is -1.43. The molecule has 1 fully saturated rings. The van der Waals surface area contributed by atoms with Gasteiger partial charge in [0.05, 0.1) is 11.0 Å². The standard InChI is InChI=1S/C16H19NO3S/c1-12(15-9-5-11-20-15)17-21(18,19)16-10-4-7-13-6-2-3-8-14(13)16/h2-4,6-8,10,12,15,17H,5,9,11H2,1H3. The van der Waals surface area contributed by atoms with E-state index >= 15 is 0 Å². The minimum Gasteiger partial charge on any atom is -0.377 e. The lowest BCUT2D eigenvalue weighted by molar-refractivity contribution is 0.0902. The fourth-order valence-corrected chi connectivity index (χ4v) is 4.31. The number of fused-ring (bicyclic) bond motifs is 1. The molecule has 0 aromatic heterocycles. The van der Waals surface area contributed by atoms with Gasteiger partial charge in [0.1, 0.15) is 0 Å². The molecule has 2 aromatic rings. The Balaban J connectivity index is 1.93. The topological polar surface area (TPSA) is 55.4 Å². The predicted octanol–water partition coefficient (Wildman–Crippen LogP) is 2.69. The second-order valence-corrected chi connectivity index (χ2v) is 7.12. The van der Waals surface area contributed by atoms with Gasteiger partial charge >= 0.3 is 0 Å². The van der Waals surface area contributed by atoms with Gasteiger partial charge in [-0.2, -0.15) is 0 Å². The minimum absolute atomic E-state index is 0.0326. The van der Waals surface area contributed by atoms with E-state index in [-0.39, 0.29) is 12.1 Å². The van der Waals surface area contributed by atoms with E-state index in [9.17, 15) is 8.42 Å².